The predicted octanol–water partition coefficient (Wildman–Crippen LogP) is 3.68. The predicted molar refractivity (Wildman–Crippen MR) is 99.9 cm³/mol. The summed E-state index contributed by atoms with van der Waals surface area (Å²) in [6.45, 7) is 5.59. The van der Waals surface area contributed by atoms with Gasteiger partial charge in [0.05, 0.1) is 6.54 Å². The fourth-order valence-electron chi connectivity index (χ4n) is 2.20. The Morgan fingerprint density at radius 2 is 1.71 bits per heavy atom. The molecule has 0 radical (unpaired) electrons. The van der Waals surface area contributed by atoms with Gasteiger partial charge in [0.25, 0.3) is 0 Å². The fourth-order valence-corrected chi connectivity index (χ4v) is 2.39. The summed E-state index contributed by atoms with van der Waals surface area (Å²) in [6, 6.07) is 10.6. The summed E-state index contributed by atoms with van der Waals surface area (Å²) in [5.74, 6) is -0.512. The van der Waals surface area contributed by atoms with E-state index < -0.39 is 0 Å². The maximum atomic E-state index is 13.5. The van der Waals surface area contributed by atoms with Gasteiger partial charge in [-0.05, 0) is 61.8 Å². The van der Waals surface area contributed by atoms with Crippen LogP contribution in [0.3, 0.4) is 0 Å². The van der Waals surface area contributed by atoms with Crippen LogP contribution in [0.5, 0.6) is 0 Å². The molecule has 4 nitrogen and oxygen atoms in total. The molecule has 0 unspecified atom stereocenters. The number of aryl methyl sites for hydroxylation is 3. The Kier molecular flexibility index (Phi) is 5.87. The molecule has 0 saturated heterocycles. The van der Waals surface area contributed by atoms with Crippen molar-refractivity contribution < 1.29 is 9.18 Å². The highest BCUT2D eigenvalue weighted by atomic mass is 32.1. The Hall–Kier alpha value is -2.47. The van der Waals surface area contributed by atoms with Crippen LogP contribution in [0.1, 0.15) is 16.7 Å². The van der Waals surface area contributed by atoms with E-state index in [0.717, 1.165) is 16.8 Å². The molecule has 3 N–H and O–H groups in total. The summed E-state index contributed by atoms with van der Waals surface area (Å²) in [7, 11) is 0. The van der Waals surface area contributed by atoms with Crippen molar-refractivity contribution in [2.45, 2.75) is 20.8 Å². The standard InChI is InChI=1S/C18H20FN3OS/c1-11-7-8-14(9-15(11)19)21-18(24)20-10-16(23)22-17-12(2)5-4-6-13(17)3/h4-9H,10H2,1-3H3,(H,22,23)(H2,20,21,24). The number of halogens is 1. The van der Waals surface area contributed by atoms with Crippen molar-refractivity contribution in [2.24, 2.45) is 0 Å². The van der Waals surface area contributed by atoms with Gasteiger partial charge in [0.1, 0.15) is 5.82 Å². The van der Waals surface area contributed by atoms with Crippen molar-refractivity contribution in [3.05, 3.63) is 58.9 Å². The number of carbonyl (C=O) groups is 1. The molecule has 0 aliphatic heterocycles. The monoisotopic (exact) mass is 345 g/mol. The number of hydrogen-bond acceptors (Lipinski definition) is 2. The molecular formula is C18H20FN3OS. The summed E-state index contributed by atoms with van der Waals surface area (Å²) in [5.41, 5.74) is 3.90. The molecule has 0 aromatic heterocycles. The zero-order chi connectivity index (χ0) is 17.7. The van der Waals surface area contributed by atoms with E-state index in [1.807, 2.05) is 32.0 Å². The summed E-state index contributed by atoms with van der Waals surface area (Å²) < 4.78 is 13.5. The van der Waals surface area contributed by atoms with Gasteiger partial charge < -0.3 is 16.0 Å². The lowest BCUT2D eigenvalue weighted by Crippen LogP contribution is -2.35. The van der Waals surface area contributed by atoms with Crippen LogP contribution >= 0.6 is 12.2 Å². The molecule has 0 saturated carbocycles. The van der Waals surface area contributed by atoms with Crippen molar-refractivity contribution in [1.29, 1.82) is 0 Å². The SMILES string of the molecule is Cc1ccc(NC(=S)NCC(=O)Nc2c(C)cccc2C)cc1F. The topological polar surface area (TPSA) is 53.2 Å². The molecule has 0 bridgehead atoms. The number of amides is 1. The maximum absolute atomic E-state index is 13.5. The van der Waals surface area contributed by atoms with Crippen LogP contribution in [0.15, 0.2) is 36.4 Å². The average Bonchev–Trinajstić information content (AvgIpc) is 2.53. The van der Waals surface area contributed by atoms with E-state index in [1.54, 1.807) is 19.1 Å². The third kappa shape index (κ3) is 4.76. The Balaban J connectivity index is 1.87. The van der Waals surface area contributed by atoms with Gasteiger partial charge in [-0.2, -0.15) is 0 Å². The molecular weight excluding hydrogens is 325 g/mol. The second kappa shape index (κ2) is 7.88. The molecule has 2 aromatic rings. The molecule has 1 amide bonds. The number of rotatable bonds is 4. The minimum absolute atomic E-state index is 0.0218. The summed E-state index contributed by atoms with van der Waals surface area (Å²) in [4.78, 5) is 12.1. The first-order valence-electron chi connectivity index (χ1n) is 7.54. The number of benzene rings is 2. The normalized spacial score (nSPS) is 10.2. The van der Waals surface area contributed by atoms with E-state index in [1.165, 1.54) is 6.07 Å². The fraction of sp³-hybridized carbons (Fsp3) is 0.222. The lowest BCUT2D eigenvalue weighted by atomic mass is 10.1. The molecule has 0 atom stereocenters. The van der Waals surface area contributed by atoms with E-state index in [0.29, 0.717) is 11.3 Å². The molecule has 126 valence electrons. The highest BCUT2D eigenvalue weighted by Crippen LogP contribution is 2.19. The Labute approximate surface area is 146 Å². The Morgan fingerprint density at radius 1 is 1.04 bits per heavy atom. The van der Waals surface area contributed by atoms with Crippen molar-refractivity contribution in [1.82, 2.24) is 5.32 Å². The zero-order valence-corrected chi connectivity index (χ0v) is 14.7. The van der Waals surface area contributed by atoms with Crippen molar-refractivity contribution >= 4 is 34.6 Å². The molecule has 0 aliphatic carbocycles. The van der Waals surface area contributed by atoms with Gasteiger partial charge in [-0.25, -0.2) is 4.39 Å². The summed E-state index contributed by atoms with van der Waals surface area (Å²) >= 11 is 5.12. The number of nitrogens with one attached hydrogen (secondary N) is 3. The van der Waals surface area contributed by atoms with Crippen LogP contribution < -0.4 is 16.0 Å². The van der Waals surface area contributed by atoms with Crippen molar-refractivity contribution in [3.63, 3.8) is 0 Å². The number of thiocarbonyl (C=S) groups is 1. The van der Waals surface area contributed by atoms with E-state index in [4.69, 9.17) is 12.2 Å². The number of para-hydroxylation sites is 1. The van der Waals surface area contributed by atoms with E-state index in [9.17, 15) is 9.18 Å². The maximum Gasteiger partial charge on any atom is 0.243 e. The number of anilines is 2. The van der Waals surface area contributed by atoms with Crippen LogP contribution in [0, 0.1) is 26.6 Å². The molecule has 6 heteroatoms. The van der Waals surface area contributed by atoms with Crippen LogP contribution in [0.25, 0.3) is 0 Å². The third-order valence-corrected chi connectivity index (χ3v) is 3.83. The van der Waals surface area contributed by atoms with Crippen molar-refractivity contribution in [3.8, 4) is 0 Å². The molecule has 0 spiro atoms. The van der Waals surface area contributed by atoms with Gasteiger partial charge in [0.2, 0.25) is 5.91 Å². The Morgan fingerprint density at radius 3 is 2.33 bits per heavy atom. The van der Waals surface area contributed by atoms with E-state index in [2.05, 4.69) is 16.0 Å². The molecule has 2 aromatic carbocycles. The Bertz CT molecular complexity index is 757. The first kappa shape index (κ1) is 17.9. The van der Waals surface area contributed by atoms with E-state index in [-0.39, 0.29) is 23.4 Å². The molecule has 0 fully saturated rings. The number of hydrogen-bond donors (Lipinski definition) is 3. The van der Waals surface area contributed by atoms with Crippen molar-refractivity contribution in [2.75, 3.05) is 17.2 Å². The largest absolute Gasteiger partial charge is 0.353 e. The summed E-state index contributed by atoms with van der Waals surface area (Å²) in [5, 5.41) is 8.79. The molecule has 0 aliphatic rings. The lowest BCUT2D eigenvalue weighted by Gasteiger charge is -2.13. The minimum atomic E-state index is -0.310. The zero-order valence-electron chi connectivity index (χ0n) is 13.9. The van der Waals surface area contributed by atoms with Gasteiger partial charge in [-0.3, -0.25) is 4.79 Å². The van der Waals surface area contributed by atoms with Gasteiger partial charge in [-0.1, -0.05) is 24.3 Å². The van der Waals surface area contributed by atoms with Crippen LogP contribution in [-0.4, -0.2) is 17.6 Å². The van der Waals surface area contributed by atoms with Gasteiger partial charge in [0.15, 0.2) is 5.11 Å². The molecule has 2 rings (SSSR count). The van der Waals surface area contributed by atoms with Crippen LogP contribution in [0.4, 0.5) is 15.8 Å². The summed E-state index contributed by atoms with van der Waals surface area (Å²) in [6.07, 6.45) is 0. The van der Waals surface area contributed by atoms with Gasteiger partial charge >= 0.3 is 0 Å². The number of carbonyl (C=O) groups excluding carboxylic acids is 1. The smallest absolute Gasteiger partial charge is 0.243 e. The van der Waals surface area contributed by atoms with Crippen LogP contribution in [-0.2, 0) is 4.79 Å². The average molecular weight is 345 g/mol. The first-order chi connectivity index (χ1) is 11.4. The molecule has 0 heterocycles. The first-order valence-corrected chi connectivity index (χ1v) is 7.94. The van der Waals surface area contributed by atoms with E-state index >= 15 is 0 Å². The highest BCUT2D eigenvalue weighted by molar-refractivity contribution is 7.80. The third-order valence-electron chi connectivity index (χ3n) is 3.58. The second-order valence-corrected chi connectivity index (χ2v) is 5.99. The second-order valence-electron chi connectivity index (χ2n) is 5.59. The van der Waals surface area contributed by atoms with Gasteiger partial charge in [0, 0.05) is 11.4 Å². The minimum Gasteiger partial charge on any atom is -0.353 e. The highest BCUT2D eigenvalue weighted by Gasteiger charge is 2.08. The lowest BCUT2D eigenvalue weighted by molar-refractivity contribution is -0.115. The quantitative estimate of drug-likeness (QED) is 0.740. The van der Waals surface area contributed by atoms with Crippen LogP contribution in [0.2, 0.25) is 0 Å². The van der Waals surface area contributed by atoms with Gasteiger partial charge in [-0.15, -0.1) is 0 Å². The molecule has 24 heavy (non-hydrogen) atoms.